The number of anilines is 1. The van der Waals surface area contributed by atoms with Gasteiger partial charge in [0, 0.05) is 43.9 Å². The Labute approximate surface area is 164 Å². The van der Waals surface area contributed by atoms with E-state index in [-0.39, 0.29) is 18.2 Å². The quantitative estimate of drug-likeness (QED) is 0.775. The summed E-state index contributed by atoms with van der Waals surface area (Å²) in [6, 6.07) is 2.04. The van der Waals surface area contributed by atoms with E-state index in [0.29, 0.717) is 24.5 Å². The summed E-state index contributed by atoms with van der Waals surface area (Å²) in [5.41, 5.74) is 2.27. The fourth-order valence-corrected chi connectivity index (χ4v) is 3.76. The number of rotatable bonds is 4. The molecular formula is C19H26N6O3. The third-order valence-electron chi connectivity index (χ3n) is 5.47. The van der Waals surface area contributed by atoms with Crippen LogP contribution in [0.2, 0.25) is 0 Å². The van der Waals surface area contributed by atoms with Crippen LogP contribution in [0.3, 0.4) is 0 Å². The van der Waals surface area contributed by atoms with E-state index in [1.807, 2.05) is 17.9 Å². The van der Waals surface area contributed by atoms with Crippen LogP contribution < -0.4 is 4.90 Å². The predicted molar refractivity (Wildman–Crippen MR) is 101 cm³/mol. The van der Waals surface area contributed by atoms with Crippen molar-refractivity contribution in [2.24, 2.45) is 0 Å². The van der Waals surface area contributed by atoms with Gasteiger partial charge in [-0.3, -0.25) is 4.79 Å². The Morgan fingerprint density at radius 3 is 2.54 bits per heavy atom. The van der Waals surface area contributed by atoms with Crippen molar-refractivity contribution in [3.05, 3.63) is 29.0 Å². The number of hydrogen-bond acceptors (Lipinski definition) is 8. The van der Waals surface area contributed by atoms with Crippen molar-refractivity contribution in [3.8, 4) is 0 Å². The largest absolute Gasteiger partial charge is 0.378 e. The summed E-state index contributed by atoms with van der Waals surface area (Å²) in [5.74, 6) is 2.22. The molecule has 150 valence electrons. The van der Waals surface area contributed by atoms with Crippen molar-refractivity contribution in [2.45, 2.75) is 39.0 Å². The van der Waals surface area contributed by atoms with Gasteiger partial charge in [0.1, 0.15) is 23.0 Å². The standard InChI is InChI=1S/C19H26N6O3/c1-13-11-17(24-7-9-27-10-8-24)21-19(20-13)15-3-5-25(6-4-15)18(26)12-16-14(2)22-28-23-16/h11,15H,3-10,12H2,1-2H3. The third-order valence-corrected chi connectivity index (χ3v) is 5.47. The summed E-state index contributed by atoms with van der Waals surface area (Å²) in [6.07, 6.45) is 1.98. The van der Waals surface area contributed by atoms with Gasteiger partial charge >= 0.3 is 0 Å². The maximum atomic E-state index is 12.5. The molecule has 0 unspecified atom stereocenters. The third kappa shape index (κ3) is 4.14. The molecule has 0 aromatic carbocycles. The van der Waals surface area contributed by atoms with Crippen LogP contribution in [0.1, 0.15) is 41.7 Å². The maximum absolute atomic E-state index is 12.5. The maximum Gasteiger partial charge on any atom is 0.228 e. The molecule has 2 aromatic heterocycles. The predicted octanol–water partition coefficient (Wildman–Crippen LogP) is 1.26. The molecule has 0 bridgehead atoms. The van der Waals surface area contributed by atoms with Gasteiger partial charge in [-0.05, 0) is 26.7 Å². The highest BCUT2D eigenvalue weighted by Gasteiger charge is 2.27. The van der Waals surface area contributed by atoms with Crippen molar-refractivity contribution >= 4 is 11.7 Å². The summed E-state index contributed by atoms with van der Waals surface area (Å²) in [4.78, 5) is 26.2. The summed E-state index contributed by atoms with van der Waals surface area (Å²) in [6.45, 7) is 8.42. The van der Waals surface area contributed by atoms with E-state index in [2.05, 4.69) is 19.8 Å². The lowest BCUT2D eigenvalue weighted by atomic mass is 9.95. The average Bonchev–Trinajstić information content (AvgIpc) is 3.13. The van der Waals surface area contributed by atoms with Crippen LogP contribution in [0, 0.1) is 13.8 Å². The minimum absolute atomic E-state index is 0.0661. The molecule has 28 heavy (non-hydrogen) atoms. The highest BCUT2D eigenvalue weighted by Crippen LogP contribution is 2.28. The second-order valence-corrected chi connectivity index (χ2v) is 7.45. The normalized spacial score (nSPS) is 18.5. The number of ether oxygens (including phenoxy) is 1. The number of likely N-dealkylation sites (tertiary alicyclic amines) is 1. The molecule has 0 N–H and O–H groups in total. The van der Waals surface area contributed by atoms with Gasteiger partial charge in [0.25, 0.3) is 0 Å². The van der Waals surface area contributed by atoms with Gasteiger partial charge in [-0.1, -0.05) is 10.3 Å². The first-order valence-corrected chi connectivity index (χ1v) is 9.84. The van der Waals surface area contributed by atoms with Crippen LogP contribution in [0.5, 0.6) is 0 Å². The number of carbonyl (C=O) groups excluding carboxylic acids is 1. The zero-order valence-corrected chi connectivity index (χ0v) is 16.4. The SMILES string of the molecule is Cc1cc(N2CCOCC2)nc(C2CCN(C(=O)Cc3nonc3C)CC2)n1. The van der Waals surface area contributed by atoms with Crippen molar-refractivity contribution in [2.75, 3.05) is 44.3 Å². The van der Waals surface area contributed by atoms with Crippen LogP contribution in [0.4, 0.5) is 5.82 Å². The number of hydrogen-bond donors (Lipinski definition) is 0. The first-order chi connectivity index (χ1) is 13.6. The molecule has 0 aliphatic carbocycles. The summed E-state index contributed by atoms with van der Waals surface area (Å²) in [5, 5.41) is 7.55. The molecule has 4 heterocycles. The number of piperidine rings is 1. The topological polar surface area (TPSA) is 97.5 Å². The first kappa shape index (κ1) is 18.8. The van der Waals surface area contributed by atoms with Gasteiger partial charge in [-0.25, -0.2) is 14.6 Å². The van der Waals surface area contributed by atoms with E-state index in [1.165, 1.54) is 0 Å². The van der Waals surface area contributed by atoms with Gasteiger partial charge in [-0.15, -0.1) is 0 Å². The molecule has 1 amide bonds. The van der Waals surface area contributed by atoms with Crippen molar-refractivity contribution in [1.82, 2.24) is 25.2 Å². The fourth-order valence-electron chi connectivity index (χ4n) is 3.76. The highest BCUT2D eigenvalue weighted by molar-refractivity contribution is 5.78. The molecule has 2 aromatic rings. The van der Waals surface area contributed by atoms with Gasteiger partial charge in [0.05, 0.1) is 19.6 Å². The number of aromatic nitrogens is 4. The molecular weight excluding hydrogens is 360 g/mol. The van der Waals surface area contributed by atoms with Gasteiger partial charge in [-0.2, -0.15) is 0 Å². The summed E-state index contributed by atoms with van der Waals surface area (Å²) >= 11 is 0. The van der Waals surface area contributed by atoms with Crippen molar-refractivity contribution < 1.29 is 14.2 Å². The van der Waals surface area contributed by atoms with E-state index >= 15 is 0 Å². The Balaban J connectivity index is 1.38. The molecule has 2 saturated heterocycles. The van der Waals surface area contributed by atoms with Crippen LogP contribution in [-0.2, 0) is 16.0 Å². The van der Waals surface area contributed by atoms with Crippen molar-refractivity contribution in [1.29, 1.82) is 0 Å². The Morgan fingerprint density at radius 2 is 1.86 bits per heavy atom. The lowest BCUT2D eigenvalue weighted by Crippen LogP contribution is -2.39. The Bertz CT molecular complexity index is 825. The molecule has 0 spiro atoms. The number of carbonyl (C=O) groups is 1. The summed E-state index contributed by atoms with van der Waals surface area (Å²) in [7, 11) is 0. The van der Waals surface area contributed by atoms with E-state index < -0.39 is 0 Å². The van der Waals surface area contributed by atoms with Crippen molar-refractivity contribution in [3.63, 3.8) is 0 Å². The highest BCUT2D eigenvalue weighted by atomic mass is 16.6. The molecule has 0 atom stereocenters. The zero-order valence-electron chi connectivity index (χ0n) is 16.4. The minimum atomic E-state index is 0.0661. The number of amides is 1. The van der Waals surface area contributed by atoms with Gasteiger partial charge < -0.3 is 14.5 Å². The zero-order chi connectivity index (χ0) is 19.5. The van der Waals surface area contributed by atoms with E-state index in [9.17, 15) is 4.79 Å². The molecule has 0 saturated carbocycles. The average molecular weight is 386 g/mol. The summed E-state index contributed by atoms with van der Waals surface area (Å²) < 4.78 is 10.1. The smallest absolute Gasteiger partial charge is 0.228 e. The lowest BCUT2D eigenvalue weighted by molar-refractivity contribution is -0.131. The molecule has 9 heteroatoms. The molecule has 0 radical (unpaired) electrons. The van der Waals surface area contributed by atoms with Crippen LogP contribution >= 0.6 is 0 Å². The minimum Gasteiger partial charge on any atom is -0.378 e. The Kier molecular flexibility index (Phi) is 5.52. The monoisotopic (exact) mass is 386 g/mol. The van der Waals surface area contributed by atoms with E-state index in [4.69, 9.17) is 14.7 Å². The first-order valence-electron chi connectivity index (χ1n) is 9.84. The number of morpholine rings is 1. The molecule has 2 aliphatic rings. The molecule has 9 nitrogen and oxygen atoms in total. The van der Waals surface area contributed by atoms with Crippen LogP contribution in [0.15, 0.2) is 10.7 Å². The van der Waals surface area contributed by atoms with Gasteiger partial charge in [0.15, 0.2) is 0 Å². The van der Waals surface area contributed by atoms with E-state index in [1.54, 1.807) is 6.92 Å². The molecule has 4 rings (SSSR count). The Hall–Kier alpha value is -2.55. The molecule has 2 aliphatic heterocycles. The fraction of sp³-hybridized carbons (Fsp3) is 0.632. The van der Waals surface area contributed by atoms with Crippen LogP contribution in [0.25, 0.3) is 0 Å². The molecule has 2 fully saturated rings. The number of nitrogens with zero attached hydrogens (tertiary/aromatic N) is 6. The van der Waals surface area contributed by atoms with E-state index in [0.717, 1.165) is 56.5 Å². The lowest BCUT2D eigenvalue weighted by Gasteiger charge is -2.32. The number of aryl methyl sites for hydroxylation is 2. The van der Waals surface area contributed by atoms with Crippen LogP contribution in [-0.4, -0.2) is 70.5 Å². The Morgan fingerprint density at radius 1 is 1.11 bits per heavy atom. The second kappa shape index (κ2) is 8.22. The van der Waals surface area contributed by atoms with Gasteiger partial charge in [0.2, 0.25) is 5.91 Å². The second-order valence-electron chi connectivity index (χ2n) is 7.45.